The lowest BCUT2D eigenvalue weighted by atomic mass is 10.1. The van der Waals surface area contributed by atoms with E-state index in [2.05, 4.69) is 28.6 Å². The number of hydrogen-bond donors (Lipinski definition) is 2. The first-order valence-electron chi connectivity index (χ1n) is 8.37. The van der Waals surface area contributed by atoms with Crippen LogP contribution in [0.25, 0.3) is 0 Å². The van der Waals surface area contributed by atoms with Crippen molar-refractivity contribution >= 4 is 17.2 Å². The van der Waals surface area contributed by atoms with Gasteiger partial charge in [-0.2, -0.15) is 0 Å². The van der Waals surface area contributed by atoms with E-state index in [1.807, 2.05) is 0 Å². The van der Waals surface area contributed by atoms with Crippen LogP contribution in [-0.2, 0) is 4.79 Å². The molecule has 2 fully saturated rings. The smallest absolute Gasteiger partial charge is 0.223 e. The number of aliphatic hydroxyl groups excluding tert-OH is 1. The highest BCUT2D eigenvalue weighted by atomic mass is 32.1. The molecule has 3 rings (SSSR count). The molecule has 0 spiro atoms. The molecule has 122 valence electrons. The highest BCUT2D eigenvalue weighted by molar-refractivity contribution is 7.10. The van der Waals surface area contributed by atoms with Crippen molar-refractivity contribution in [2.45, 2.75) is 44.6 Å². The first-order valence-corrected chi connectivity index (χ1v) is 9.25. The van der Waals surface area contributed by atoms with Crippen molar-refractivity contribution < 1.29 is 9.90 Å². The van der Waals surface area contributed by atoms with E-state index in [0.717, 1.165) is 51.9 Å². The summed E-state index contributed by atoms with van der Waals surface area (Å²) in [5.41, 5.74) is 1.33. The van der Waals surface area contributed by atoms with Gasteiger partial charge in [0, 0.05) is 36.3 Å². The van der Waals surface area contributed by atoms with Crippen LogP contribution in [0.5, 0.6) is 0 Å². The van der Waals surface area contributed by atoms with Crippen LogP contribution in [0.4, 0.5) is 0 Å². The number of hydrogen-bond acceptors (Lipinski definition) is 4. The van der Waals surface area contributed by atoms with Gasteiger partial charge in [0.2, 0.25) is 5.91 Å². The molecule has 1 aliphatic heterocycles. The van der Waals surface area contributed by atoms with Crippen molar-refractivity contribution in [1.29, 1.82) is 0 Å². The van der Waals surface area contributed by atoms with Crippen molar-refractivity contribution in [2.75, 3.05) is 26.2 Å². The van der Waals surface area contributed by atoms with Gasteiger partial charge in [0.25, 0.3) is 0 Å². The predicted octanol–water partition coefficient (Wildman–Crippen LogP) is 2.12. The van der Waals surface area contributed by atoms with E-state index in [0.29, 0.717) is 5.92 Å². The Hall–Kier alpha value is -0.910. The summed E-state index contributed by atoms with van der Waals surface area (Å²) < 4.78 is 0. The number of nitrogens with zero attached hydrogens (tertiary/aromatic N) is 1. The van der Waals surface area contributed by atoms with Crippen molar-refractivity contribution in [2.24, 2.45) is 5.92 Å². The third-order valence-corrected chi connectivity index (χ3v) is 6.02. The maximum absolute atomic E-state index is 12.2. The number of aliphatic hydroxyl groups is 1. The molecule has 1 saturated carbocycles. The fourth-order valence-electron chi connectivity index (χ4n) is 3.33. The molecule has 1 aromatic heterocycles. The quantitative estimate of drug-likeness (QED) is 0.789. The van der Waals surface area contributed by atoms with Crippen molar-refractivity contribution in [3.8, 4) is 0 Å². The van der Waals surface area contributed by atoms with Gasteiger partial charge in [0.05, 0.1) is 6.10 Å². The van der Waals surface area contributed by atoms with E-state index in [1.165, 1.54) is 10.4 Å². The Bertz CT molecular complexity index is 509. The Balaban J connectivity index is 1.32. The average molecular weight is 322 g/mol. The first kappa shape index (κ1) is 16.0. The number of piperidine rings is 1. The van der Waals surface area contributed by atoms with Gasteiger partial charge in [-0.05, 0) is 56.2 Å². The predicted molar refractivity (Wildman–Crippen MR) is 89.2 cm³/mol. The van der Waals surface area contributed by atoms with Gasteiger partial charge >= 0.3 is 0 Å². The Morgan fingerprint density at radius 3 is 2.91 bits per heavy atom. The maximum Gasteiger partial charge on any atom is 0.223 e. The van der Waals surface area contributed by atoms with Gasteiger partial charge in [-0.1, -0.05) is 0 Å². The first-order chi connectivity index (χ1) is 10.6. The van der Waals surface area contributed by atoms with Crippen LogP contribution in [0.15, 0.2) is 11.4 Å². The Labute approximate surface area is 136 Å². The number of rotatable bonds is 6. The summed E-state index contributed by atoms with van der Waals surface area (Å²) in [6, 6.07) is 2.14. The Kier molecular flexibility index (Phi) is 5.16. The number of amides is 1. The zero-order valence-corrected chi connectivity index (χ0v) is 14.1. The molecule has 1 amide bonds. The topological polar surface area (TPSA) is 52.6 Å². The molecule has 22 heavy (non-hydrogen) atoms. The molecular formula is C17H26N2O2S. The average Bonchev–Trinajstić information content (AvgIpc) is 3.20. The Morgan fingerprint density at radius 1 is 1.45 bits per heavy atom. The largest absolute Gasteiger partial charge is 0.393 e. The molecule has 0 bridgehead atoms. The molecule has 1 aromatic rings. The van der Waals surface area contributed by atoms with Crippen molar-refractivity contribution in [3.63, 3.8) is 0 Å². The fraction of sp³-hybridized carbons (Fsp3) is 0.706. The summed E-state index contributed by atoms with van der Waals surface area (Å²) in [7, 11) is 0. The van der Waals surface area contributed by atoms with Gasteiger partial charge in [-0.25, -0.2) is 0 Å². The zero-order chi connectivity index (χ0) is 15.5. The monoisotopic (exact) mass is 322 g/mol. The standard InChI is InChI=1S/C17H26N2O2S/c1-12-5-10-22-16(12)14-11-15(14)17(21)18-6-2-7-19-8-3-13(20)4-9-19/h5,10,13-15,20H,2-4,6-9,11H2,1H3,(H,18,21). The van der Waals surface area contributed by atoms with Crippen LogP contribution in [0.1, 0.15) is 42.0 Å². The molecule has 4 nitrogen and oxygen atoms in total. The van der Waals surface area contributed by atoms with Gasteiger partial charge in [0.15, 0.2) is 0 Å². The lowest BCUT2D eigenvalue weighted by Gasteiger charge is -2.29. The van der Waals surface area contributed by atoms with Crippen LogP contribution in [0.3, 0.4) is 0 Å². The summed E-state index contributed by atoms with van der Waals surface area (Å²) in [5, 5.41) is 14.7. The van der Waals surface area contributed by atoms with E-state index >= 15 is 0 Å². The lowest BCUT2D eigenvalue weighted by Crippen LogP contribution is -2.37. The highest BCUT2D eigenvalue weighted by Gasteiger charge is 2.45. The molecule has 2 aliphatic rings. The third kappa shape index (κ3) is 3.89. The minimum atomic E-state index is -0.108. The summed E-state index contributed by atoms with van der Waals surface area (Å²) in [4.78, 5) is 15.9. The summed E-state index contributed by atoms with van der Waals surface area (Å²) in [5.74, 6) is 0.887. The van der Waals surface area contributed by atoms with Gasteiger partial charge < -0.3 is 15.3 Å². The number of carbonyl (C=O) groups is 1. The molecule has 2 unspecified atom stereocenters. The van der Waals surface area contributed by atoms with Gasteiger partial charge in [0.1, 0.15) is 0 Å². The molecule has 1 aliphatic carbocycles. The second kappa shape index (κ2) is 7.11. The molecule has 0 aromatic carbocycles. The molecule has 1 saturated heterocycles. The van der Waals surface area contributed by atoms with Crippen molar-refractivity contribution in [3.05, 3.63) is 21.9 Å². The Morgan fingerprint density at radius 2 is 2.23 bits per heavy atom. The minimum Gasteiger partial charge on any atom is -0.393 e. The number of carbonyl (C=O) groups excluding carboxylic acids is 1. The minimum absolute atomic E-state index is 0.108. The molecule has 0 radical (unpaired) electrons. The number of aryl methyl sites for hydroxylation is 1. The molecule has 2 N–H and O–H groups in total. The second-order valence-corrected chi connectivity index (χ2v) is 7.58. The zero-order valence-electron chi connectivity index (χ0n) is 13.3. The molecule has 5 heteroatoms. The van der Waals surface area contributed by atoms with Gasteiger partial charge in [-0.3, -0.25) is 4.79 Å². The third-order valence-electron chi connectivity index (χ3n) is 4.87. The van der Waals surface area contributed by atoms with Crippen LogP contribution >= 0.6 is 11.3 Å². The second-order valence-electron chi connectivity index (χ2n) is 6.63. The number of nitrogens with one attached hydrogen (secondary N) is 1. The van der Waals surface area contributed by atoms with E-state index in [9.17, 15) is 9.90 Å². The van der Waals surface area contributed by atoms with E-state index in [1.54, 1.807) is 11.3 Å². The van der Waals surface area contributed by atoms with Gasteiger partial charge in [-0.15, -0.1) is 11.3 Å². The number of likely N-dealkylation sites (tertiary alicyclic amines) is 1. The van der Waals surface area contributed by atoms with Crippen LogP contribution in [-0.4, -0.2) is 48.2 Å². The van der Waals surface area contributed by atoms with Crippen LogP contribution in [0, 0.1) is 12.8 Å². The van der Waals surface area contributed by atoms with E-state index < -0.39 is 0 Å². The van der Waals surface area contributed by atoms with E-state index in [-0.39, 0.29) is 17.9 Å². The molecular weight excluding hydrogens is 296 g/mol. The summed E-state index contributed by atoms with van der Waals surface area (Å²) >= 11 is 1.78. The normalized spacial score (nSPS) is 26.1. The molecule has 2 atom stereocenters. The summed E-state index contributed by atoms with van der Waals surface area (Å²) in [6.45, 7) is 5.89. The fourth-order valence-corrected chi connectivity index (χ4v) is 4.44. The number of thiophene rings is 1. The summed E-state index contributed by atoms with van der Waals surface area (Å²) in [6.07, 6.45) is 3.67. The maximum atomic E-state index is 12.2. The molecule has 2 heterocycles. The van der Waals surface area contributed by atoms with Crippen LogP contribution in [0.2, 0.25) is 0 Å². The highest BCUT2D eigenvalue weighted by Crippen LogP contribution is 2.50. The lowest BCUT2D eigenvalue weighted by molar-refractivity contribution is -0.122. The van der Waals surface area contributed by atoms with Crippen molar-refractivity contribution in [1.82, 2.24) is 10.2 Å². The SMILES string of the molecule is Cc1ccsc1C1CC1C(=O)NCCCN1CCC(O)CC1. The van der Waals surface area contributed by atoms with E-state index in [4.69, 9.17) is 0 Å². The van der Waals surface area contributed by atoms with Crippen LogP contribution < -0.4 is 5.32 Å².